The maximum atomic E-state index is 13.6. The lowest BCUT2D eigenvalue weighted by Gasteiger charge is -2.30. The van der Waals surface area contributed by atoms with Gasteiger partial charge in [-0.15, -0.1) is 5.10 Å². The Labute approximate surface area is 200 Å². The number of piperidine rings is 1. The van der Waals surface area contributed by atoms with Crippen LogP contribution in [-0.2, 0) is 6.54 Å². The first kappa shape index (κ1) is 24.0. The summed E-state index contributed by atoms with van der Waals surface area (Å²) in [4.78, 5) is 22.7. The lowest BCUT2D eigenvalue weighted by Crippen LogP contribution is -2.38. The van der Waals surface area contributed by atoms with E-state index in [1.54, 1.807) is 19.5 Å². The largest absolute Gasteiger partial charge is 0.497 e. The first-order chi connectivity index (χ1) is 16.6. The molecule has 1 aliphatic heterocycles. The fourth-order valence-corrected chi connectivity index (χ4v) is 4.50. The molecule has 0 bridgehead atoms. The highest BCUT2D eigenvalue weighted by atomic mass is 32.1. The summed E-state index contributed by atoms with van der Waals surface area (Å²) in [5, 5.41) is 8.03. The molecule has 0 aliphatic carbocycles. The second-order valence-corrected chi connectivity index (χ2v) is 8.78. The zero-order valence-corrected chi connectivity index (χ0v) is 19.6. The summed E-state index contributed by atoms with van der Waals surface area (Å²) in [6.07, 6.45) is 4.03. The number of methoxy groups -OCH3 is 1. The topological polar surface area (TPSA) is 119 Å². The molecule has 178 valence electrons. The number of aromatic nitrogens is 4. The fourth-order valence-electron chi connectivity index (χ4n) is 4.00. The molecule has 0 radical (unpaired) electrons. The van der Waals surface area contributed by atoms with Crippen molar-refractivity contribution in [3.8, 4) is 5.75 Å². The number of halogens is 1. The number of nitrogens with two attached hydrogens (primary N) is 1. The van der Waals surface area contributed by atoms with Crippen LogP contribution in [0.1, 0.15) is 30.0 Å². The third kappa shape index (κ3) is 5.66. The molecular formula is C23H26FN7O2S. The fraction of sp³-hybridized carbons (Fsp3) is 0.391. The highest BCUT2D eigenvalue weighted by Gasteiger charge is 2.24. The number of rotatable bonds is 6. The van der Waals surface area contributed by atoms with Gasteiger partial charge in [-0.05, 0) is 60.8 Å². The van der Waals surface area contributed by atoms with E-state index in [-0.39, 0.29) is 0 Å². The lowest BCUT2D eigenvalue weighted by atomic mass is 10.0. The van der Waals surface area contributed by atoms with Crippen LogP contribution in [0.4, 0.5) is 4.39 Å². The van der Waals surface area contributed by atoms with Crippen molar-refractivity contribution in [2.24, 2.45) is 10.9 Å². The molecule has 2 atom stereocenters. The van der Waals surface area contributed by atoms with Crippen LogP contribution < -0.4 is 10.5 Å². The smallest absolute Gasteiger partial charge is 0.163 e. The van der Waals surface area contributed by atoms with Gasteiger partial charge in [0.1, 0.15) is 23.5 Å². The van der Waals surface area contributed by atoms with E-state index in [9.17, 15) is 9.30 Å². The Morgan fingerprint density at radius 2 is 2.18 bits per heavy atom. The minimum absolute atomic E-state index is 0.373. The Balaban J connectivity index is 0.000000207. The number of hydrogen-bond donors (Lipinski definition) is 1. The van der Waals surface area contributed by atoms with E-state index >= 15 is 0 Å². The third-order valence-corrected chi connectivity index (χ3v) is 6.40. The summed E-state index contributed by atoms with van der Waals surface area (Å²) in [5.74, 6) is 0.707. The molecule has 1 aliphatic rings. The van der Waals surface area contributed by atoms with Crippen molar-refractivity contribution in [3.05, 3.63) is 58.8 Å². The minimum Gasteiger partial charge on any atom is -0.497 e. The molecule has 3 aromatic heterocycles. The first-order valence-corrected chi connectivity index (χ1v) is 11.8. The molecule has 1 fully saturated rings. The van der Waals surface area contributed by atoms with Gasteiger partial charge < -0.3 is 10.5 Å². The Kier molecular flexibility index (Phi) is 7.99. The molecule has 1 saturated heterocycles. The lowest BCUT2D eigenvalue weighted by molar-refractivity contribution is 0.133. The SMILES string of the molecule is COc1ccc2nccc([C@H](CN3CCC[C@@H](F)C3)N=O)c2c1.NCc1cnc2snnc2c1. The van der Waals surface area contributed by atoms with E-state index in [1.165, 1.54) is 11.5 Å². The van der Waals surface area contributed by atoms with Crippen molar-refractivity contribution >= 4 is 32.8 Å². The quantitative estimate of drug-likeness (QED) is 0.408. The average Bonchev–Trinajstić information content (AvgIpc) is 3.35. The molecule has 9 nitrogen and oxygen atoms in total. The van der Waals surface area contributed by atoms with Crippen LogP contribution in [0, 0.1) is 4.91 Å². The van der Waals surface area contributed by atoms with Crippen LogP contribution in [-0.4, -0.2) is 57.4 Å². The van der Waals surface area contributed by atoms with E-state index in [0.717, 1.165) is 45.3 Å². The summed E-state index contributed by atoms with van der Waals surface area (Å²) in [5.41, 5.74) is 8.85. The number of fused-ring (bicyclic) bond motifs is 2. The van der Waals surface area contributed by atoms with E-state index in [4.69, 9.17) is 10.5 Å². The van der Waals surface area contributed by atoms with Crippen molar-refractivity contribution in [2.75, 3.05) is 26.7 Å². The van der Waals surface area contributed by atoms with E-state index in [2.05, 4.69) is 24.7 Å². The van der Waals surface area contributed by atoms with Crippen LogP contribution in [0.5, 0.6) is 5.75 Å². The average molecular weight is 484 g/mol. The van der Waals surface area contributed by atoms with Crippen LogP contribution in [0.2, 0.25) is 0 Å². The number of hydrogen-bond acceptors (Lipinski definition) is 10. The van der Waals surface area contributed by atoms with Gasteiger partial charge in [-0.25, -0.2) is 9.37 Å². The maximum Gasteiger partial charge on any atom is 0.163 e. The molecule has 1 aromatic carbocycles. The van der Waals surface area contributed by atoms with Crippen molar-refractivity contribution in [2.45, 2.75) is 31.6 Å². The number of alkyl halides is 1. The first-order valence-electron chi connectivity index (χ1n) is 11.0. The summed E-state index contributed by atoms with van der Waals surface area (Å²) in [7, 11) is 1.60. The van der Waals surface area contributed by atoms with Gasteiger partial charge in [-0.2, -0.15) is 4.91 Å². The molecule has 0 spiro atoms. The normalized spacial score (nSPS) is 17.2. The summed E-state index contributed by atoms with van der Waals surface area (Å²) < 4.78 is 22.6. The van der Waals surface area contributed by atoms with Crippen molar-refractivity contribution < 1.29 is 9.13 Å². The van der Waals surface area contributed by atoms with Gasteiger partial charge in [0.25, 0.3) is 0 Å². The second-order valence-electron chi connectivity index (χ2n) is 8.05. The van der Waals surface area contributed by atoms with E-state index in [0.29, 0.717) is 31.8 Å². The Morgan fingerprint density at radius 1 is 1.29 bits per heavy atom. The van der Waals surface area contributed by atoms with Crippen molar-refractivity contribution in [1.82, 2.24) is 24.5 Å². The van der Waals surface area contributed by atoms with Crippen molar-refractivity contribution in [3.63, 3.8) is 0 Å². The number of nitroso groups, excluding NO2 is 1. The predicted molar refractivity (Wildman–Crippen MR) is 131 cm³/mol. The van der Waals surface area contributed by atoms with Gasteiger partial charge in [0.2, 0.25) is 0 Å². The highest BCUT2D eigenvalue weighted by Crippen LogP contribution is 2.30. The van der Waals surface area contributed by atoms with Crippen molar-refractivity contribution in [1.29, 1.82) is 0 Å². The number of likely N-dealkylation sites (tertiary alicyclic amines) is 1. The number of ether oxygens (including phenoxy) is 1. The van der Waals surface area contributed by atoms with E-state index < -0.39 is 12.2 Å². The third-order valence-electron chi connectivity index (χ3n) is 5.75. The van der Waals surface area contributed by atoms with Gasteiger partial charge >= 0.3 is 0 Å². The molecule has 34 heavy (non-hydrogen) atoms. The van der Waals surface area contributed by atoms with E-state index in [1.807, 2.05) is 35.2 Å². The zero-order chi connectivity index (χ0) is 23.9. The van der Waals surface area contributed by atoms with Gasteiger partial charge in [-0.1, -0.05) is 9.67 Å². The molecule has 0 amide bonds. The Bertz CT molecular complexity index is 1250. The van der Waals surface area contributed by atoms with Crippen LogP contribution in [0.15, 0.2) is 47.9 Å². The molecule has 5 rings (SSSR count). The summed E-state index contributed by atoms with van der Waals surface area (Å²) in [6, 6.07) is 8.73. The monoisotopic (exact) mass is 483 g/mol. The van der Waals surface area contributed by atoms with Crippen LogP contribution >= 0.6 is 11.5 Å². The number of nitrogens with zero attached hydrogens (tertiary/aromatic N) is 6. The second kappa shape index (κ2) is 11.3. The Morgan fingerprint density at radius 3 is 2.94 bits per heavy atom. The minimum atomic E-state index is -0.815. The summed E-state index contributed by atoms with van der Waals surface area (Å²) in [6.45, 7) is 2.11. The summed E-state index contributed by atoms with van der Waals surface area (Å²) >= 11 is 1.29. The molecular weight excluding hydrogens is 457 g/mol. The standard InChI is InChI=1S/C17H20FN3O2.C6H6N4S/c1-23-13-4-5-16-15(9-13)14(6-7-19-16)17(20-22)11-21-8-2-3-12(18)10-21;7-2-4-1-5-6(8-3-4)11-10-9-5/h4-7,9,12,17H,2-3,8,10-11H2,1H3;1,3H,2,7H2/t12-,17+;/m1./s1. The highest BCUT2D eigenvalue weighted by molar-refractivity contribution is 7.12. The molecule has 4 heterocycles. The molecule has 11 heteroatoms. The number of pyridine rings is 2. The van der Waals surface area contributed by atoms with Gasteiger partial charge in [-0.3, -0.25) is 9.88 Å². The molecule has 0 saturated carbocycles. The maximum absolute atomic E-state index is 13.6. The molecule has 4 aromatic rings. The van der Waals surface area contributed by atoms with Gasteiger partial charge in [0.05, 0.1) is 12.6 Å². The molecule has 2 N–H and O–H groups in total. The van der Waals surface area contributed by atoms with Gasteiger partial charge in [0.15, 0.2) is 4.83 Å². The van der Waals surface area contributed by atoms with Crippen LogP contribution in [0.25, 0.3) is 21.3 Å². The molecule has 0 unspecified atom stereocenters. The zero-order valence-electron chi connectivity index (χ0n) is 18.8. The number of benzene rings is 1. The van der Waals surface area contributed by atoms with Crippen LogP contribution in [0.3, 0.4) is 0 Å². The predicted octanol–water partition coefficient (Wildman–Crippen LogP) is 4.03. The Hall–Kier alpha value is -3.15. The van der Waals surface area contributed by atoms with Gasteiger partial charge in [0, 0.05) is 48.9 Å².